The second-order valence-corrected chi connectivity index (χ2v) is 6.61. The quantitative estimate of drug-likeness (QED) is 0.833. The summed E-state index contributed by atoms with van der Waals surface area (Å²) < 4.78 is 37.8. The molecule has 25 heavy (non-hydrogen) atoms. The Morgan fingerprint density at radius 2 is 1.68 bits per heavy atom. The van der Waals surface area contributed by atoms with Crippen LogP contribution in [0, 0.1) is 0 Å². The number of piperidine rings is 1. The van der Waals surface area contributed by atoms with Gasteiger partial charge in [-0.1, -0.05) is 0 Å². The van der Waals surface area contributed by atoms with Crippen molar-refractivity contribution >= 4 is 11.7 Å². The Balaban J connectivity index is 1.49. The van der Waals surface area contributed by atoms with E-state index in [2.05, 4.69) is 9.88 Å². The van der Waals surface area contributed by atoms with Crippen LogP contribution in [0.3, 0.4) is 0 Å². The van der Waals surface area contributed by atoms with Crippen LogP contribution < -0.4 is 4.90 Å². The summed E-state index contributed by atoms with van der Waals surface area (Å²) in [5.74, 6) is 0.732. The summed E-state index contributed by atoms with van der Waals surface area (Å²) in [6, 6.07) is 2.48. The second-order valence-electron chi connectivity index (χ2n) is 6.61. The van der Waals surface area contributed by atoms with Gasteiger partial charge in [0.2, 0.25) is 5.91 Å². The third-order valence-corrected chi connectivity index (χ3v) is 4.84. The maximum Gasteiger partial charge on any atom is 0.417 e. The highest BCUT2D eigenvalue weighted by Crippen LogP contribution is 2.29. The van der Waals surface area contributed by atoms with Crippen molar-refractivity contribution in [2.75, 3.05) is 50.7 Å². The molecular formula is C17H23F3N4O. The highest BCUT2D eigenvalue weighted by molar-refractivity contribution is 5.78. The monoisotopic (exact) mass is 356 g/mol. The first kappa shape index (κ1) is 18.0. The molecule has 138 valence electrons. The average molecular weight is 356 g/mol. The normalized spacial score (nSPS) is 20.0. The van der Waals surface area contributed by atoms with Crippen molar-refractivity contribution in [3.8, 4) is 0 Å². The summed E-state index contributed by atoms with van der Waals surface area (Å²) in [6.07, 6.45) is -0.124. The molecule has 8 heteroatoms. The van der Waals surface area contributed by atoms with E-state index in [1.807, 2.05) is 9.80 Å². The number of alkyl halides is 3. The predicted molar refractivity (Wildman–Crippen MR) is 88.3 cm³/mol. The molecule has 2 saturated heterocycles. The Morgan fingerprint density at radius 1 is 1.00 bits per heavy atom. The van der Waals surface area contributed by atoms with Crippen LogP contribution in [-0.4, -0.2) is 66.5 Å². The minimum Gasteiger partial charge on any atom is -0.354 e. The zero-order valence-corrected chi connectivity index (χ0v) is 14.1. The fourth-order valence-corrected chi connectivity index (χ4v) is 3.31. The molecule has 0 unspecified atom stereocenters. The first-order chi connectivity index (χ1) is 11.9. The molecule has 0 spiro atoms. The predicted octanol–water partition coefficient (Wildman–Crippen LogP) is 2.23. The SMILES string of the molecule is O=C(CN1CCN(c2ccc(C(F)(F)F)cn2)CC1)N1CCCCC1. The maximum atomic E-state index is 12.6. The van der Waals surface area contributed by atoms with Gasteiger partial charge in [-0.25, -0.2) is 4.98 Å². The number of likely N-dealkylation sites (tertiary alicyclic amines) is 1. The molecule has 5 nitrogen and oxygen atoms in total. The van der Waals surface area contributed by atoms with Crippen LogP contribution >= 0.6 is 0 Å². The lowest BCUT2D eigenvalue weighted by Gasteiger charge is -2.36. The first-order valence-electron chi connectivity index (χ1n) is 8.72. The van der Waals surface area contributed by atoms with Gasteiger partial charge in [-0.05, 0) is 31.4 Å². The zero-order valence-electron chi connectivity index (χ0n) is 14.1. The number of anilines is 1. The van der Waals surface area contributed by atoms with Gasteiger partial charge in [-0.15, -0.1) is 0 Å². The number of nitrogens with zero attached hydrogens (tertiary/aromatic N) is 4. The molecule has 0 atom stereocenters. The van der Waals surface area contributed by atoms with Crippen molar-refractivity contribution in [3.63, 3.8) is 0 Å². The van der Waals surface area contributed by atoms with Gasteiger partial charge >= 0.3 is 6.18 Å². The third-order valence-electron chi connectivity index (χ3n) is 4.84. The van der Waals surface area contributed by atoms with E-state index in [9.17, 15) is 18.0 Å². The molecule has 0 saturated carbocycles. The molecule has 0 N–H and O–H groups in total. The van der Waals surface area contributed by atoms with Crippen LogP contribution in [0.1, 0.15) is 24.8 Å². The molecule has 2 aliphatic rings. The molecule has 1 amide bonds. The molecule has 0 aromatic carbocycles. The number of piperazine rings is 1. The van der Waals surface area contributed by atoms with Gasteiger partial charge in [0.15, 0.2) is 0 Å². The lowest BCUT2D eigenvalue weighted by Crippen LogP contribution is -2.50. The van der Waals surface area contributed by atoms with Crippen LogP contribution in [0.5, 0.6) is 0 Å². The van der Waals surface area contributed by atoms with Crippen LogP contribution in [0.2, 0.25) is 0 Å². The summed E-state index contributed by atoms with van der Waals surface area (Å²) in [5.41, 5.74) is -0.734. The van der Waals surface area contributed by atoms with Gasteiger partial charge in [0.05, 0.1) is 12.1 Å². The zero-order chi connectivity index (χ0) is 17.9. The van der Waals surface area contributed by atoms with Crippen LogP contribution in [-0.2, 0) is 11.0 Å². The number of pyridine rings is 1. The summed E-state index contributed by atoms with van der Waals surface area (Å²) in [7, 11) is 0. The molecule has 0 bridgehead atoms. The molecule has 1 aromatic heterocycles. The van der Waals surface area contributed by atoms with Gasteiger partial charge in [-0.3, -0.25) is 9.69 Å². The van der Waals surface area contributed by atoms with E-state index in [0.717, 1.165) is 38.2 Å². The highest BCUT2D eigenvalue weighted by Gasteiger charge is 2.31. The largest absolute Gasteiger partial charge is 0.417 e. The van der Waals surface area contributed by atoms with Crippen LogP contribution in [0.4, 0.5) is 19.0 Å². The number of hydrogen-bond acceptors (Lipinski definition) is 4. The number of aromatic nitrogens is 1. The van der Waals surface area contributed by atoms with Crippen molar-refractivity contribution in [3.05, 3.63) is 23.9 Å². The Kier molecular flexibility index (Phi) is 5.46. The van der Waals surface area contributed by atoms with Crippen molar-refractivity contribution in [1.82, 2.24) is 14.8 Å². The molecule has 0 aliphatic carbocycles. The van der Waals surface area contributed by atoms with Gasteiger partial charge in [0, 0.05) is 45.5 Å². The highest BCUT2D eigenvalue weighted by atomic mass is 19.4. The fourth-order valence-electron chi connectivity index (χ4n) is 3.31. The number of amides is 1. The minimum absolute atomic E-state index is 0.181. The topological polar surface area (TPSA) is 39.7 Å². The molecule has 1 aromatic rings. The summed E-state index contributed by atoms with van der Waals surface area (Å²) >= 11 is 0. The smallest absolute Gasteiger partial charge is 0.354 e. The van der Waals surface area contributed by atoms with E-state index in [1.54, 1.807) is 0 Å². The van der Waals surface area contributed by atoms with Gasteiger partial charge in [0.25, 0.3) is 0 Å². The molecule has 3 heterocycles. The Morgan fingerprint density at radius 3 is 2.24 bits per heavy atom. The maximum absolute atomic E-state index is 12.6. The number of carbonyl (C=O) groups excluding carboxylic acids is 1. The summed E-state index contributed by atoms with van der Waals surface area (Å²) in [6.45, 7) is 4.87. The van der Waals surface area contributed by atoms with E-state index in [4.69, 9.17) is 0 Å². The third kappa shape index (κ3) is 4.62. The van der Waals surface area contributed by atoms with Crippen molar-refractivity contribution in [1.29, 1.82) is 0 Å². The van der Waals surface area contributed by atoms with Gasteiger partial charge in [0.1, 0.15) is 5.82 Å². The van der Waals surface area contributed by atoms with E-state index in [1.165, 1.54) is 12.5 Å². The minimum atomic E-state index is -4.36. The molecule has 3 rings (SSSR count). The molecule has 0 radical (unpaired) electrons. The molecule has 2 aliphatic heterocycles. The Bertz CT molecular complexity index is 577. The lowest BCUT2D eigenvalue weighted by molar-refractivity contribution is -0.137. The number of hydrogen-bond donors (Lipinski definition) is 0. The number of halogens is 3. The number of rotatable bonds is 3. The molecular weight excluding hydrogens is 333 g/mol. The fraction of sp³-hybridized carbons (Fsp3) is 0.647. The summed E-state index contributed by atoms with van der Waals surface area (Å²) in [5, 5.41) is 0. The van der Waals surface area contributed by atoms with Gasteiger partial charge in [-0.2, -0.15) is 13.2 Å². The van der Waals surface area contributed by atoms with E-state index >= 15 is 0 Å². The van der Waals surface area contributed by atoms with Crippen LogP contribution in [0.15, 0.2) is 18.3 Å². The van der Waals surface area contributed by atoms with E-state index in [0.29, 0.717) is 38.5 Å². The van der Waals surface area contributed by atoms with E-state index in [-0.39, 0.29) is 5.91 Å². The lowest BCUT2D eigenvalue weighted by atomic mass is 10.1. The van der Waals surface area contributed by atoms with Crippen molar-refractivity contribution in [2.24, 2.45) is 0 Å². The van der Waals surface area contributed by atoms with Gasteiger partial charge < -0.3 is 9.80 Å². The average Bonchev–Trinajstić information content (AvgIpc) is 2.62. The van der Waals surface area contributed by atoms with Crippen molar-refractivity contribution < 1.29 is 18.0 Å². The molecule has 2 fully saturated rings. The number of carbonyl (C=O) groups is 1. The van der Waals surface area contributed by atoms with Crippen LogP contribution in [0.25, 0.3) is 0 Å². The standard InChI is InChI=1S/C17H23F3N4O/c18-17(19,20)14-4-5-15(21-12-14)23-10-8-22(9-11-23)13-16(25)24-6-2-1-3-7-24/h4-5,12H,1-3,6-11,13H2. The van der Waals surface area contributed by atoms with Crippen molar-refractivity contribution in [2.45, 2.75) is 25.4 Å². The second kappa shape index (κ2) is 7.59. The van der Waals surface area contributed by atoms with E-state index < -0.39 is 11.7 Å². The summed E-state index contributed by atoms with van der Waals surface area (Å²) in [4.78, 5) is 22.2. The Labute approximate surface area is 145 Å². The first-order valence-corrected chi connectivity index (χ1v) is 8.72. The Hall–Kier alpha value is -1.83.